The van der Waals surface area contributed by atoms with Crippen molar-refractivity contribution in [3.8, 4) is 0 Å². The summed E-state index contributed by atoms with van der Waals surface area (Å²) >= 11 is 0. The van der Waals surface area contributed by atoms with E-state index in [1.54, 1.807) is 6.33 Å². The van der Waals surface area contributed by atoms with Crippen molar-refractivity contribution in [2.24, 2.45) is 0 Å². The standard InChI is InChI=1S/C21H20N3P/c1-4-10-19(11-5-1)25(18-24-17-22-16-23-24,20-12-6-2-7-13-20)21-14-8-3-9-15-21/h1-17,25H,18H2. The molecule has 0 saturated carbocycles. The van der Waals surface area contributed by atoms with Crippen molar-refractivity contribution in [3.63, 3.8) is 0 Å². The van der Waals surface area contributed by atoms with Crippen LogP contribution in [0.3, 0.4) is 0 Å². The van der Waals surface area contributed by atoms with Gasteiger partial charge in [0.25, 0.3) is 0 Å². The minimum atomic E-state index is -2.27. The number of hydrogen-bond donors (Lipinski definition) is 0. The SMILES string of the molecule is c1ccc([PH](Cn2cncn2)(c2ccccc2)c2ccccc2)cc1. The topological polar surface area (TPSA) is 30.7 Å². The molecule has 0 amide bonds. The van der Waals surface area contributed by atoms with Crippen molar-refractivity contribution in [3.05, 3.63) is 104 Å². The first-order valence-corrected chi connectivity index (χ1v) is 10.6. The molecule has 0 N–H and O–H groups in total. The third-order valence-corrected chi connectivity index (χ3v) is 9.42. The van der Waals surface area contributed by atoms with E-state index in [-0.39, 0.29) is 0 Å². The van der Waals surface area contributed by atoms with Gasteiger partial charge in [0.05, 0.1) is 0 Å². The molecule has 0 radical (unpaired) electrons. The normalized spacial score (nSPS) is 12.0. The maximum atomic E-state index is 4.42. The van der Waals surface area contributed by atoms with E-state index in [1.165, 1.54) is 15.9 Å². The quantitative estimate of drug-likeness (QED) is 0.521. The number of benzene rings is 3. The first kappa shape index (κ1) is 15.7. The van der Waals surface area contributed by atoms with E-state index >= 15 is 0 Å². The predicted octanol–water partition coefficient (Wildman–Crippen LogP) is 2.96. The van der Waals surface area contributed by atoms with Gasteiger partial charge in [0, 0.05) is 0 Å². The minimum absolute atomic E-state index is 0.824. The molecule has 0 spiro atoms. The number of rotatable bonds is 5. The first-order chi connectivity index (χ1) is 12.4. The van der Waals surface area contributed by atoms with Crippen LogP contribution in [-0.4, -0.2) is 14.8 Å². The second kappa shape index (κ2) is 7.00. The van der Waals surface area contributed by atoms with Crippen molar-refractivity contribution in [1.82, 2.24) is 14.8 Å². The molecule has 1 heterocycles. The molecule has 0 fully saturated rings. The Balaban J connectivity index is 2.01. The van der Waals surface area contributed by atoms with Crippen LogP contribution in [0.15, 0.2) is 104 Å². The molecular formula is C21H20N3P. The van der Waals surface area contributed by atoms with Crippen molar-refractivity contribution in [2.75, 3.05) is 0 Å². The summed E-state index contributed by atoms with van der Waals surface area (Å²) in [6, 6.07) is 32.5. The monoisotopic (exact) mass is 345 g/mol. The van der Waals surface area contributed by atoms with Gasteiger partial charge in [-0.05, 0) is 0 Å². The van der Waals surface area contributed by atoms with Crippen LogP contribution in [0, 0.1) is 0 Å². The van der Waals surface area contributed by atoms with Crippen LogP contribution in [-0.2, 0) is 6.29 Å². The van der Waals surface area contributed by atoms with Crippen LogP contribution in [0.5, 0.6) is 0 Å². The van der Waals surface area contributed by atoms with Crippen LogP contribution in [0.1, 0.15) is 0 Å². The number of nitrogens with zero attached hydrogens (tertiary/aromatic N) is 3. The Morgan fingerprint density at radius 1 is 0.640 bits per heavy atom. The molecule has 3 nitrogen and oxygen atoms in total. The van der Waals surface area contributed by atoms with Gasteiger partial charge in [-0.2, -0.15) is 0 Å². The molecule has 1 aromatic heterocycles. The molecule has 0 saturated heterocycles. The zero-order chi connectivity index (χ0) is 17.0. The average molecular weight is 345 g/mol. The first-order valence-electron chi connectivity index (χ1n) is 8.38. The van der Waals surface area contributed by atoms with E-state index in [9.17, 15) is 0 Å². The fourth-order valence-corrected chi connectivity index (χ4v) is 7.98. The summed E-state index contributed by atoms with van der Waals surface area (Å²) < 4.78 is 1.97. The molecule has 4 rings (SSSR count). The van der Waals surface area contributed by atoms with Crippen LogP contribution in [0.2, 0.25) is 0 Å². The number of aromatic nitrogens is 3. The zero-order valence-corrected chi connectivity index (χ0v) is 14.9. The van der Waals surface area contributed by atoms with Gasteiger partial charge in [-0.25, -0.2) is 0 Å². The van der Waals surface area contributed by atoms with Gasteiger partial charge >= 0.3 is 148 Å². The summed E-state index contributed by atoms with van der Waals surface area (Å²) in [7, 11) is -2.27. The molecule has 0 aliphatic heterocycles. The Morgan fingerprint density at radius 2 is 1.08 bits per heavy atom. The Labute approximate surface area is 148 Å². The van der Waals surface area contributed by atoms with Crippen molar-refractivity contribution in [2.45, 2.75) is 6.29 Å². The van der Waals surface area contributed by atoms with Gasteiger partial charge in [0.15, 0.2) is 0 Å². The molecule has 0 bridgehead atoms. The average Bonchev–Trinajstić information content (AvgIpc) is 3.21. The number of hydrogen-bond acceptors (Lipinski definition) is 2. The van der Waals surface area contributed by atoms with E-state index in [1.807, 2.05) is 11.0 Å². The molecule has 0 atom stereocenters. The summed E-state index contributed by atoms with van der Waals surface area (Å²) in [5, 5.41) is 8.55. The zero-order valence-electron chi connectivity index (χ0n) is 13.9. The van der Waals surface area contributed by atoms with Gasteiger partial charge in [0.1, 0.15) is 0 Å². The maximum absolute atomic E-state index is 4.42. The molecule has 124 valence electrons. The second-order valence-electron chi connectivity index (χ2n) is 6.10. The van der Waals surface area contributed by atoms with Crippen LogP contribution < -0.4 is 15.9 Å². The molecule has 0 unspecified atom stereocenters. The summed E-state index contributed by atoms with van der Waals surface area (Å²) in [5.74, 6) is 0. The molecule has 4 aromatic rings. The van der Waals surface area contributed by atoms with Crippen LogP contribution in [0.4, 0.5) is 0 Å². The van der Waals surface area contributed by atoms with Gasteiger partial charge in [-0.15, -0.1) is 0 Å². The van der Waals surface area contributed by atoms with Crippen molar-refractivity contribution in [1.29, 1.82) is 0 Å². The Bertz CT molecular complexity index is 811. The van der Waals surface area contributed by atoms with Gasteiger partial charge in [-0.1, -0.05) is 0 Å². The molecule has 3 aromatic carbocycles. The molecule has 25 heavy (non-hydrogen) atoms. The van der Waals surface area contributed by atoms with E-state index in [2.05, 4.69) is 101 Å². The second-order valence-corrected chi connectivity index (χ2v) is 9.96. The van der Waals surface area contributed by atoms with Crippen molar-refractivity contribution < 1.29 is 0 Å². The van der Waals surface area contributed by atoms with Gasteiger partial charge < -0.3 is 0 Å². The van der Waals surface area contributed by atoms with E-state index in [0.29, 0.717) is 0 Å². The van der Waals surface area contributed by atoms with E-state index in [0.717, 1.165) is 6.29 Å². The Morgan fingerprint density at radius 3 is 1.44 bits per heavy atom. The predicted molar refractivity (Wildman–Crippen MR) is 107 cm³/mol. The summed E-state index contributed by atoms with van der Waals surface area (Å²) in [6.45, 7) is 0. The van der Waals surface area contributed by atoms with E-state index < -0.39 is 7.26 Å². The summed E-state index contributed by atoms with van der Waals surface area (Å²) in [5.41, 5.74) is 0. The molecule has 4 heteroatoms. The molecule has 0 aliphatic rings. The third-order valence-electron chi connectivity index (χ3n) is 4.67. The third kappa shape index (κ3) is 2.99. The fraction of sp³-hybridized carbons (Fsp3) is 0.0476. The Hall–Kier alpha value is -2.77. The van der Waals surface area contributed by atoms with Crippen molar-refractivity contribution >= 4 is 23.2 Å². The fourth-order valence-electron chi connectivity index (χ4n) is 3.50. The molecule has 0 aliphatic carbocycles. The van der Waals surface area contributed by atoms with Crippen LogP contribution in [0.25, 0.3) is 0 Å². The molecular weight excluding hydrogens is 325 g/mol. The van der Waals surface area contributed by atoms with Gasteiger partial charge in [-0.3, -0.25) is 0 Å². The van der Waals surface area contributed by atoms with E-state index in [4.69, 9.17) is 0 Å². The Kier molecular flexibility index (Phi) is 4.41. The summed E-state index contributed by atoms with van der Waals surface area (Å²) in [6.07, 6.45) is 4.25. The van der Waals surface area contributed by atoms with Gasteiger partial charge in [0.2, 0.25) is 0 Å². The summed E-state index contributed by atoms with van der Waals surface area (Å²) in [4.78, 5) is 4.16. The van der Waals surface area contributed by atoms with Crippen LogP contribution >= 0.6 is 7.26 Å².